The van der Waals surface area contributed by atoms with Crippen LogP contribution < -0.4 is 5.32 Å². The highest BCUT2D eigenvalue weighted by molar-refractivity contribution is 5.10. The largest absolute Gasteiger partial charge is 0.368 e. The summed E-state index contributed by atoms with van der Waals surface area (Å²) in [6.07, 6.45) is 0. The Bertz CT molecular complexity index is 136. The van der Waals surface area contributed by atoms with E-state index in [0.29, 0.717) is 0 Å². The molecule has 1 atom stereocenters. The lowest BCUT2D eigenvalue weighted by atomic mass is 9.97. The first-order valence-electron chi connectivity index (χ1n) is 3.66. The highest BCUT2D eigenvalue weighted by atomic mass is 16.5. The fraction of sp³-hybridized carbons (Fsp3) is 0.750. The van der Waals surface area contributed by atoms with Gasteiger partial charge < -0.3 is 10.1 Å². The molecular weight excluding hydrogens is 126 g/mol. The zero-order valence-electron chi connectivity index (χ0n) is 6.74. The van der Waals surface area contributed by atoms with Gasteiger partial charge in [-0.15, -0.1) is 0 Å². The zero-order chi connectivity index (χ0) is 7.61. The van der Waals surface area contributed by atoms with E-state index in [1.165, 1.54) is 0 Å². The van der Waals surface area contributed by atoms with Crippen LogP contribution in [-0.2, 0) is 4.74 Å². The fourth-order valence-corrected chi connectivity index (χ4v) is 1.00. The van der Waals surface area contributed by atoms with Gasteiger partial charge in [0.1, 0.15) is 0 Å². The molecule has 1 heterocycles. The van der Waals surface area contributed by atoms with Crippen molar-refractivity contribution in [2.75, 3.05) is 19.7 Å². The molecule has 10 heavy (non-hydrogen) atoms. The lowest BCUT2D eigenvalue weighted by molar-refractivity contribution is -0.0250. The smallest absolute Gasteiger partial charge is 0.0982 e. The van der Waals surface area contributed by atoms with Crippen molar-refractivity contribution in [1.29, 1.82) is 0 Å². The Labute approximate surface area is 62.3 Å². The number of ether oxygens (including phenoxy) is 1. The Balaban J connectivity index is 2.56. The first kappa shape index (κ1) is 7.76. The van der Waals surface area contributed by atoms with Gasteiger partial charge in [-0.2, -0.15) is 0 Å². The molecule has 2 heteroatoms. The van der Waals surface area contributed by atoms with Crippen LogP contribution in [-0.4, -0.2) is 25.3 Å². The number of hydrogen-bond donors (Lipinski definition) is 1. The summed E-state index contributed by atoms with van der Waals surface area (Å²) in [6.45, 7) is 10.6. The molecule has 0 bridgehead atoms. The van der Waals surface area contributed by atoms with E-state index in [0.717, 1.165) is 25.3 Å². The summed E-state index contributed by atoms with van der Waals surface area (Å²) >= 11 is 0. The Morgan fingerprint density at radius 2 is 2.40 bits per heavy atom. The third-order valence-electron chi connectivity index (χ3n) is 2.06. The van der Waals surface area contributed by atoms with Crippen molar-refractivity contribution >= 4 is 0 Å². The van der Waals surface area contributed by atoms with E-state index in [2.05, 4.69) is 18.8 Å². The lowest BCUT2D eigenvalue weighted by Gasteiger charge is -2.34. The second-order valence-corrected chi connectivity index (χ2v) is 3.04. The van der Waals surface area contributed by atoms with Gasteiger partial charge in [-0.3, -0.25) is 0 Å². The number of rotatable bonds is 1. The first-order chi connectivity index (χ1) is 4.65. The summed E-state index contributed by atoms with van der Waals surface area (Å²) in [6, 6.07) is 0. The Kier molecular flexibility index (Phi) is 2.11. The van der Waals surface area contributed by atoms with Gasteiger partial charge in [-0.25, -0.2) is 0 Å². The highest BCUT2D eigenvalue weighted by Crippen LogP contribution is 2.19. The molecule has 1 fully saturated rings. The third-order valence-corrected chi connectivity index (χ3v) is 2.06. The van der Waals surface area contributed by atoms with Crippen LogP contribution in [0.25, 0.3) is 0 Å². The molecule has 0 radical (unpaired) electrons. The van der Waals surface area contributed by atoms with E-state index >= 15 is 0 Å². The maximum absolute atomic E-state index is 5.56. The minimum absolute atomic E-state index is 0.127. The predicted octanol–water partition coefficient (Wildman–Crippen LogP) is 0.941. The van der Waals surface area contributed by atoms with Crippen LogP contribution in [0.1, 0.15) is 13.8 Å². The van der Waals surface area contributed by atoms with Gasteiger partial charge in [-0.05, 0) is 19.4 Å². The number of morpholine rings is 1. The van der Waals surface area contributed by atoms with Crippen molar-refractivity contribution < 1.29 is 4.74 Å². The fourth-order valence-electron chi connectivity index (χ4n) is 1.00. The molecule has 0 saturated carbocycles. The van der Waals surface area contributed by atoms with Crippen LogP contribution in [0.4, 0.5) is 0 Å². The van der Waals surface area contributed by atoms with E-state index in [-0.39, 0.29) is 5.60 Å². The second-order valence-electron chi connectivity index (χ2n) is 3.04. The van der Waals surface area contributed by atoms with E-state index in [4.69, 9.17) is 4.74 Å². The van der Waals surface area contributed by atoms with E-state index in [1.807, 2.05) is 6.92 Å². The van der Waals surface area contributed by atoms with Gasteiger partial charge in [0.05, 0.1) is 12.2 Å². The molecule has 0 aromatic heterocycles. The summed E-state index contributed by atoms with van der Waals surface area (Å²) in [4.78, 5) is 0. The number of nitrogens with one attached hydrogen (secondary N) is 1. The van der Waals surface area contributed by atoms with Gasteiger partial charge >= 0.3 is 0 Å². The van der Waals surface area contributed by atoms with E-state index < -0.39 is 0 Å². The Morgan fingerprint density at radius 3 is 2.70 bits per heavy atom. The summed E-state index contributed by atoms with van der Waals surface area (Å²) < 4.78 is 5.56. The van der Waals surface area contributed by atoms with Crippen LogP contribution >= 0.6 is 0 Å². The molecule has 0 aliphatic carbocycles. The van der Waals surface area contributed by atoms with Crippen molar-refractivity contribution in [1.82, 2.24) is 5.32 Å². The molecule has 1 saturated heterocycles. The van der Waals surface area contributed by atoms with Crippen molar-refractivity contribution in [3.8, 4) is 0 Å². The normalized spacial score (nSPS) is 33.8. The highest BCUT2D eigenvalue weighted by Gasteiger charge is 2.27. The summed E-state index contributed by atoms with van der Waals surface area (Å²) in [5.41, 5.74) is 0.970. The van der Waals surface area contributed by atoms with Gasteiger partial charge in [0.2, 0.25) is 0 Å². The molecule has 0 amide bonds. The second kappa shape index (κ2) is 2.72. The molecule has 0 aromatic carbocycles. The van der Waals surface area contributed by atoms with Crippen molar-refractivity contribution in [2.45, 2.75) is 19.4 Å². The maximum Gasteiger partial charge on any atom is 0.0982 e. The monoisotopic (exact) mass is 141 g/mol. The minimum Gasteiger partial charge on any atom is -0.368 e. The van der Waals surface area contributed by atoms with Gasteiger partial charge in [0.15, 0.2) is 0 Å². The SMILES string of the molecule is C=C(C)C1(C)CNCCO1. The maximum atomic E-state index is 5.56. The van der Waals surface area contributed by atoms with Crippen LogP contribution in [0.3, 0.4) is 0 Å². The van der Waals surface area contributed by atoms with Crippen LogP contribution in [0.2, 0.25) is 0 Å². The molecule has 0 spiro atoms. The van der Waals surface area contributed by atoms with Gasteiger partial charge in [-0.1, -0.05) is 6.58 Å². The molecule has 1 N–H and O–H groups in total. The molecule has 1 unspecified atom stereocenters. The molecule has 2 nitrogen and oxygen atoms in total. The van der Waals surface area contributed by atoms with Crippen molar-refractivity contribution in [2.24, 2.45) is 0 Å². The summed E-state index contributed by atoms with van der Waals surface area (Å²) in [5.74, 6) is 0. The lowest BCUT2D eigenvalue weighted by Crippen LogP contribution is -2.48. The average molecular weight is 141 g/mol. The standard InChI is InChI=1S/C8H15NO/c1-7(2)8(3)6-9-4-5-10-8/h9H,1,4-6H2,2-3H3. The zero-order valence-corrected chi connectivity index (χ0v) is 6.74. The topological polar surface area (TPSA) is 21.3 Å². The molecule has 1 rings (SSSR count). The van der Waals surface area contributed by atoms with Gasteiger partial charge in [0, 0.05) is 13.1 Å². The Morgan fingerprint density at radius 1 is 1.70 bits per heavy atom. The summed E-state index contributed by atoms with van der Waals surface area (Å²) in [7, 11) is 0. The third kappa shape index (κ3) is 1.39. The van der Waals surface area contributed by atoms with Gasteiger partial charge in [0.25, 0.3) is 0 Å². The average Bonchev–Trinajstić information content (AvgIpc) is 1.89. The minimum atomic E-state index is -0.127. The van der Waals surface area contributed by atoms with Crippen LogP contribution in [0, 0.1) is 0 Å². The quantitative estimate of drug-likeness (QED) is 0.549. The predicted molar refractivity (Wildman–Crippen MR) is 42.0 cm³/mol. The molecule has 58 valence electrons. The number of hydrogen-bond acceptors (Lipinski definition) is 2. The molecular formula is C8H15NO. The van der Waals surface area contributed by atoms with Crippen LogP contribution in [0.5, 0.6) is 0 Å². The molecule has 1 aliphatic heterocycles. The van der Waals surface area contributed by atoms with E-state index in [1.54, 1.807) is 0 Å². The molecule has 1 aliphatic rings. The first-order valence-corrected chi connectivity index (χ1v) is 3.66. The molecule has 0 aromatic rings. The Hall–Kier alpha value is -0.340. The van der Waals surface area contributed by atoms with Crippen molar-refractivity contribution in [3.05, 3.63) is 12.2 Å². The van der Waals surface area contributed by atoms with E-state index in [9.17, 15) is 0 Å². The van der Waals surface area contributed by atoms with Crippen LogP contribution in [0.15, 0.2) is 12.2 Å². The van der Waals surface area contributed by atoms with Crippen molar-refractivity contribution in [3.63, 3.8) is 0 Å². The summed E-state index contributed by atoms with van der Waals surface area (Å²) in [5, 5.41) is 3.27.